The highest BCUT2D eigenvalue weighted by Gasteiger charge is 2.16. The van der Waals surface area contributed by atoms with Crippen molar-refractivity contribution in [2.45, 2.75) is 20.0 Å². The number of halogens is 2. The Morgan fingerprint density at radius 3 is 2.65 bits per heavy atom. The number of carbonyl (C=O) groups is 1. The molecule has 0 atom stereocenters. The number of hydrogen-bond acceptors (Lipinski definition) is 4. The van der Waals surface area contributed by atoms with Crippen molar-refractivity contribution in [2.24, 2.45) is 0 Å². The predicted octanol–water partition coefficient (Wildman–Crippen LogP) is 4.22. The number of methoxy groups -OCH3 is 1. The average molecular weight is 359 g/mol. The van der Waals surface area contributed by atoms with E-state index in [0.29, 0.717) is 20.8 Å². The van der Waals surface area contributed by atoms with Crippen LogP contribution < -0.4 is 4.74 Å². The second-order valence-electron chi connectivity index (χ2n) is 4.45. The van der Waals surface area contributed by atoms with Gasteiger partial charge in [0.1, 0.15) is 5.75 Å². The fourth-order valence-electron chi connectivity index (χ4n) is 1.78. The maximum atomic E-state index is 11.7. The molecule has 4 nitrogen and oxygen atoms in total. The van der Waals surface area contributed by atoms with E-state index in [4.69, 9.17) is 21.1 Å². The molecule has 106 valence electrons. The fourth-order valence-corrected chi connectivity index (χ4v) is 2.68. The number of nitrogens with zero attached hydrogens (tertiary/aromatic N) is 1. The van der Waals surface area contributed by atoms with Crippen LogP contribution in [0.3, 0.4) is 0 Å². The van der Waals surface area contributed by atoms with Crippen LogP contribution in [0.1, 0.15) is 24.3 Å². The SMILES string of the molecule is COC(=O)c1cc(OC(C)C)c2cc(Cl)cc(Br)c2n1. The number of benzene rings is 1. The third kappa shape index (κ3) is 3.04. The maximum Gasteiger partial charge on any atom is 0.356 e. The van der Waals surface area contributed by atoms with Gasteiger partial charge in [0, 0.05) is 20.9 Å². The monoisotopic (exact) mass is 357 g/mol. The van der Waals surface area contributed by atoms with Crippen molar-refractivity contribution in [1.82, 2.24) is 4.98 Å². The number of hydrogen-bond donors (Lipinski definition) is 0. The van der Waals surface area contributed by atoms with Gasteiger partial charge in [0.25, 0.3) is 0 Å². The van der Waals surface area contributed by atoms with Crippen LogP contribution in [-0.2, 0) is 4.74 Å². The smallest absolute Gasteiger partial charge is 0.356 e. The van der Waals surface area contributed by atoms with Gasteiger partial charge in [-0.2, -0.15) is 0 Å². The summed E-state index contributed by atoms with van der Waals surface area (Å²) in [5.41, 5.74) is 0.798. The molecule has 0 amide bonds. The van der Waals surface area contributed by atoms with E-state index in [0.717, 1.165) is 5.39 Å². The summed E-state index contributed by atoms with van der Waals surface area (Å²) in [6.45, 7) is 3.81. The lowest BCUT2D eigenvalue weighted by Gasteiger charge is -2.14. The Kier molecular flexibility index (Phi) is 4.50. The van der Waals surface area contributed by atoms with Crippen molar-refractivity contribution in [1.29, 1.82) is 0 Å². The molecule has 6 heteroatoms. The lowest BCUT2D eigenvalue weighted by atomic mass is 10.1. The van der Waals surface area contributed by atoms with E-state index in [2.05, 4.69) is 20.9 Å². The summed E-state index contributed by atoms with van der Waals surface area (Å²) in [5.74, 6) is 0.0379. The van der Waals surface area contributed by atoms with Gasteiger partial charge in [-0.15, -0.1) is 0 Å². The van der Waals surface area contributed by atoms with Crippen LogP contribution in [0.25, 0.3) is 10.9 Å². The molecule has 0 saturated carbocycles. The van der Waals surface area contributed by atoms with E-state index < -0.39 is 5.97 Å². The predicted molar refractivity (Wildman–Crippen MR) is 81.6 cm³/mol. The number of rotatable bonds is 3. The molecule has 1 aromatic heterocycles. The Bertz CT molecular complexity index is 673. The topological polar surface area (TPSA) is 48.4 Å². The molecule has 0 N–H and O–H groups in total. The largest absolute Gasteiger partial charge is 0.490 e. The summed E-state index contributed by atoms with van der Waals surface area (Å²) in [6.07, 6.45) is -0.0381. The van der Waals surface area contributed by atoms with Crippen LogP contribution >= 0.6 is 27.5 Å². The van der Waals surface area contributed by atoms with E-state index in [9.17, 15) is 4.79 Å². The van der Waals surface area contributed by atoms with Crippen LogP contribution in [0.2, 0.25) is 5.02 Å². The minimum Gasteiger partial charge on any atom is -0.490 e. The van der Waals surface area contributed by atoms with E-state index in [1.54, 1.807) is 18.2 Å². The van der Waals surface area contributed by atoms with Crippen LogP contribution in [0, 0.1) is 0 Å². The number of pyridine rings is 1. The summed E-state index contributed by atoms with van der Waals surface area (Å²) in [5, 5.41) is 1.30. The summed E-state index contributed by atoms with van der Waals surface area (Å²) in [6, 6.07) is 5.04. The van der Waals surface area contributed by atoms with Crippen molar-refractivity contribution in [3.05, 3.63) is 33.4 Å². The molecule has 1 aromatic carbocycles. The second kappa shape index (κ2) is 5.97. The molecule has 0 fully saturated rings. The van der Waals surface area contributed by atoms with Gasteiger partial charge in [-0.3, -0.25) is 0 Å². The molecule has 0 aliphatic rings. The van der Waals surface area contributed by atoms with Gasteiger partial charge in [-0.25, -0.2) is 9.78 Å². The first kappa shape index (κ1) is 15.1. The maximum absolute atomic E-state index is 11.7. The van der Waals surface area contributed by atoms with Crippen LogP contribution in [0.4, 0.5) is 0 Å². The van der Waals surface area contributed by atoms with Gasteiger partial charge < -0.3 is 9.47 Å². The van der Waals surface area contributed by atoms with E-state index in [-0.39, 0.29) is 11.8 Å². The third-order valence-electron chi connectivity index (χ3n) is 2.55. The number of aromatic nitrogens is 1. The Balaban J connectivity index is 2.74. The highest BCUT2D eigenvalue weighted by atomic mass is 79.9. The van der Waals surface area contributed by atoms with Crippen molar-refractivity contribution >= 4 is 44.4 Å². The van der Waals surface area contributed by atoms with Crippen molar-refractivity contribution in [3.8, 4) is 5.75 Å². The zero-order valence-electron chi connectivity index (χ0n) is 11.2. The van der Waals surface area contributed by atoms with Crippen LogP contribution in [0.15, 0.2) is 22.7 Å². The summed E-state index contributed by atoms with van der Waals surface area (Å²) < 4.78 is 11.1. The van der Waals surface area contributed by atoms with E-state index in [1.165, 1.54) is 7.11 Å². The molecular weight excluding hydrogens is 346 g/mol. The van der Waals surface area contributed by atoms with Gasteiger partial charge in [-0.1, -0.05) is 11.6 Å². The number of esters is 1. The Morgan fingerprint density at radius 2 is 2.05 bits per heavy atom. The van der Waals surface area contributed by atoms with Crippen molar-refractivity contribution in [3.63, 3.8) is 0 Å². The van der Waals surface area contributed by atoms with Crippen molar-refractivity contribution < 1.29 is 14.3 Å². The highest BCUT2D eigenvalue weighted by Crippen LogP contribution is 2.34. The van der Waals surface area contributed by atoms with Gasteiger partial charge in [0.05, 0.1) is 18.7 Å². The van der Waals surface area contributed by atoms with Crippen molar-refractivity contribution in [2.75, 3.05) is 7.11 Å². The van der Waals surface area contributed by atoms with Gasteiger partial charge in [0.15, 0.2) is 5.69 Å². The molecule has 0 aliphatic carbocycles. The van der Waals surface area contributed by atoms with E-state index >= 15 is 0 Å². The number of ether oxygens (including phenoxy) is 2. The molecule has 0 unspecified atom stereocenters. The standard InChI is InChI=1S/C14H13BrClNO3/c1-7(2)20-12-6-11(14(18)19-3)17-13-9(12)4-8(16)5-10(13)15/h4-7H,1-3H3. The minimum absolute atomic E-state index is 0.0381. The summed E-state index contributed by atoms with van der Waals surface area (Å²) in [4.78, 5) is 16.0. The molecule has 0 saturated heterocycles. The second-order valence-corrected chi connectivity index (χ2v) is 5.74. The van der Waals surface area contributed by atoms with Crippen LogP contribution in [-0.4, -0.2) is 24.2 Å². The molecule has 0 spiro atoms. The van der Waals surface area contributed by atoms with Crippen LogP contribution in [0.5, 0.6) is 5.75 Å². The molecule has 0 bridgehead atoms. The lowest BCUT2D eigenvalue weighted by Crippen LogP contribution is -2.09. The lowest BCUT2D eigenvalue weighted by molar-refractivity contribution is 0.0593. The molecule has 0 radical (unpaired) electrons. The molecule has 2 rings (SSSR count). The van der Waals surface area contributed by atoms with Gasteiger partial charge in [0.2, 0.25) is 0 Å². The Hall–Kier alpha value is -1.33. The third-order valence-corrected chi connectivity index (χ3v) is 3.37. The quantitative estimate of drug-likeness (QED) is 0.771. The molecule has 1 heterocycles. The Morgan fingerprint density at radius 1 is 1.35 bits per heavy atom. The zero-order chi connectivity index (χ0) is 14.9. The first-order chi connectivity index (χ1) is 9.42. The Labute approximate surface area is 130 Å². The average Bonchev–Trinajstić information content (AvgIpc) is 2.37. The molecule has 0 aliphatic heterocycles. The van der Waals surface area contributed by atoms with E-state index in [1.807, 2.05) is 13.8 Å². The first-order valence-electron chi connectivity index (χ1n) is 5.97. The molecule has 2 aromatic rings. The molecule has 20 heavy (non-hydrogen) atoms. The highest BCUT2D eigenvalue weighted by molar-refractivity contribution is 9.10. The van der Waals surface area contributed by atoms with Gasteiger partial charge >= 0.3 is 5.97 Å². The fraction of sp³-hybridized carbons (Fsp3) is 0.286. The number of fused-ring (bicyclic) bond motifs is 1. The number of carbonyl (C=O) groups excluding carboxylic acids is 1. The zero-order valence-corrected chi connectivity index (χ0v) is 13.6. The first-order valence-corrected chi connectivity index (χ1v) is 7.14. The van der Waals surface area contributed by atoms with Gasteiger partial charge in [-0.05, 0) is 41.9 Å². The summed E-state index contributed by atoms with van der Waals surface area (Å²) in [7, 11) is 1.31. The molecular formula is C14H13BrClNO3. The minimum atomic E-state index is -0.512. The summed E-state index contributed by atoms with van der Waals surface area (Å²) >= 11 is 9.46. The normalized spacial score (nSPS) is 10.9.